The molecule has 0 bridgehead atoms. The summed E-state index contributed by atoms with van der Waals surface area (Å²) in [4.78, 5) is 0. The summed E-state index contributed by atoms with van der Waals surface area (Å²) in [5.74, 6) is -1.28. The van der Waals surface area contributed by atoms with E-state index in [0.717, 1.165) is 12.1 Å². The first kappa shape index (κ1) is 16.0. The molecule has 0 unspecified atom stereocenters. The molecule has 0 heterocycles. The molecule has 0 aliphatic heterocycles. The molecule has 0 saturated carbocycles. The van der Waals surface area contributed by atoms with Gasteiger partial charge in [0.25, 0.3) is 0 Å². The fourth-order valence-electron chi connectivity index (χ4n) is 1.01. The smallest absolute Gasteiger partial charge is 0.518 e. The van der Waals surface area contributed by atoms with Gasteiger partial charge in [-0.25, -0.2) is 0 Å². The van der Waals surface area contributed by atoms with Crippen molar-refractivity contribution in [3.63, 3.8) is 0 Å². The van der Waals surface area contributed by atoms with E-state index in [2.05, 4.69) is 4.40 Å². The molecular formula is C9H6F3INO4S-. The van der Waals surface area contributed by atoms with Crippen LogP contribution in [0.5, 0.6) is 5.75 Å². The van der Waals surface area contributed by atoms with Crippen molar-refractivity contribution < 1.29 is 31.4 Å². The highest BCUT2D eigenvalue weighted by Gasteiger charge is 2.45. The Kier molecular flexibility index (Phi) is 4.66. The summed E-state index contributed by atoms with van der Waals surface area (Å²) in [6.07, 6.45) is 0. The van der Waals surface area contributed by atoms with Gasteiger partial charge < -0.3 is 9.84 Å². The fourth-order valence-corrected chi connectivity index (χ4v) is 1.99. The van der Waals surface area contributed by atoms with Gasteiger partial charge in [-0.3, -0.25) is 0 Å². The molecule has 0 aliphatic rings. The van der Waals surface area contributed by atoms with Gasteiger partial charge >= 0.3 is 15.5 Å². The topological polar surface area (TPSA) is 78.8 Å². The van der Waals surface area contributed by atoms with Crippen LogP contribution in [-0.2, 0) is 10.0 Å². The highest BCUT2D eigenvalue weighted by molar-refractivity contribution is 14.1. The van der Waals surface area contributed by atoms with E-state index in [0.29, 0.717) is 3.57 Å². The van der Waals surface area contributed by atoms with Crippen LogP contribution in [0.4, 0.5) is 13.2 Å². The molecule has 0 radical (unpaired) electrons. The van der Waals surface area contributed by atoms with Crippen LogP contribution in [0.3, 0.4) is 0 Å². The zero-order valence-electron chi connectivity index (χ0n) is 9.23. The minimum absolute atomic E-state index is 0.228. The molecule has 1 aromatic carbocycles. The van der Waals surface area contributed by atoms with E-state index >= 15 is 0 Å². The molecule has 0 N–H and O–H groups in total. The zero-order chi connectivity index (χ0) is 14.8. The second kappa shape index (κ2) is 5.53. The average Bonchev–Trinajstić information content (AvgIpc) is 2.27. The number of alkyl halides is 3. The standard InChI is InChI=1S/C9H7F3INO4S/c1-18-7-4-5(2-3-6(7)13)8(15)14-19(16,17)9(10,11)12/h2-4H,1H3,(H,14,15)/p-1. The molecule has 0 fully saturated rings. The van der Waals surface area contributed by atoms with Crippen molar-refractivity contribution in [1.82, 2.24) is 0 Å². The van der Waals surface area contributed by atoms with Crippen molar-refractivity contribution >= 4 is 38.5 Å². The maximum Gasteiger partial charge on any atom is 0.518 e. The summed E-state index contributed by atoms with van der Waals surface area (Å²) in [5, 5.41) is 11.4. The molecule has 1 aromatic rings. The monoisotopic (exact) mass is 408 g/mol. The van der Waals surface area contributed by atoms with Gasteiger partial charge in [-0.05, 0) is 40.3 Å². The number of sulfonamides is 1. The van der Waals surface area contributed by atoms with Crippen molar-refractivity contribution in [3.05, 3.63) is 27.3 Å². The van der Waals surface area contributed by atoms with E-state index < -0.39 is 21.4 Å². The summed E-state index contributed by atoms with van der Waals surface area (Å²) in [5.41, 5.74) is -5.92. The molecule has 106 valence electrons. The first-order valence-corrected chi connectivity index (χ1v) is 7.02. The van der Waals surface area contributed by atoms with Crippen molar-refractivity contribution in [2.75, 3.05) is 7.11 Å². The van der Waals surface area contributed by atoms with Gasteiger partial charge in [0.2, 0.25) is 0 Å². The van der Waals surface area contributed by atoms with Gasteiger partial charge in [0.15, 0.2) is 0 Å². The van der Waals surface area contributed by atoms with Crippen LogP contribution in [0.1, 0.15) is 5.56 Å². The largest absolute Gasteiger partial charge is 0.858 e. The van der Waals surface area contributed by atoms with E-state index in [-0.39, 0.29) is 11.3 Å². The molecular weight excluding hydrogens is 402 g/mol. The minimum atomic E-state index is -5.84. The third-order valence-electron chi connectivity index (χ3n) is 1.89. The number of hydrogen-bond acceptors (Lipinski definition) is 4. The van der Waals surface area contributed by atoms with E-state index in [4.69, 9.17) is 4.74 Å². The minimum Gasteiger partial charge on any atom is -0.858 e. The molecule has 19 heavy (non-hydrogen) atoms. The zero-order valence-corrected chi connectivity index (χ0v) is 12.2. The predicted octanol–water partition coefficient (Wildman–Crippen LogP) is 1.26. The molecule has 0 aliphatic carbocycles. The average molecular weight is 408 g/mol. The summed E-state index contributed by atoms with van der Waals surface area (Å²) in [6, 6.07) is 3.66. The molecule has 0 aromatic heterocycles. The van der Waals surface area contributed by atoms with Gasteiger partial charge in [-0.2, -0.15) is 26.0 Å². The van der Waals surface area contributed by atoms with Gasteiger partial charge in [-0.15, -0.1) is 0 Å². The third kappa shape index (κ3) is 3.72. The molecule has 0 spiro atoms. The Morgan fingerprint density at radius 2 is 2.00 bits per heavy atom. The Labute approximate surface area is 120 Å². The molecule has 0 amide bonds. The Balaban J connectivity index is 3.25. The lowest BCUT2D eigenvalue weighted by Gasteiger charge is -2.13. The fraction of sp³-hybridized carbons (Fsp3) is 0.222. The second-order valence-corrected chi connectivity index (χ2v) is 5.92. The highest BCUT2D eigenvalue weighted by Crippen LogP contribution is 2.26. The first-order valence-electron chi connectivity index (χ1n) is 4.50. The van der Waals surface area contributed by atoms with E-state index in [9.17, 15) is 26.7 Å². The molecule has 5 nitrogen and oxygen atoms in total. The van der Waals surface area contributed by atoms with Crippen molar-refractivity contribution in [2.24, 2.45) is 4.40 Å². The SMILES string of the molecule is COc1cc(/C([O-])=N/S(=O)(=O)C(F)(F)F)ccc1I. The lowest BCUT2D eigenvalue weighted by Crippen LogP contribution is -2.27. The van der Waals surface area contributed by atoms with Crippen molar-refractivity contribution in [2.45, 2.75) is 5.51 Å². The van der Waals surface area contributed by atoms with Crippen LogP contribution in [0, 0.1) is 3.57 Å². The number of nitrogens with zero attached hydrogens (tertiary/aromatic N) is 1. The summed E-state index contributed by atoms with van der Waals surface area (Å²) in [7, 11) is -4.54. The predicted molar refractivity (Wildman–Crippen MR) is 67.2 cm³/mol. The van der Waals surface area contributed by atoms with Gasteiger partial charge in [0.1, 0.15) is 5.75 Å². The molecule has 1 rings (SSSR count). The number of methoxy groups -OCH3 is 1. The molecule has 0 saturated heterocycles. The quantitative estimate of drug-likeness (QED) is 0.429. The third-order valence-corrected chi connectivity index (χ3v) is 3.78. The lowest BCUT2D eigenvalue weighted by molar-refractivity contribution is -0.212. The van der Waals surface area contributed by atoms with Gasteiger partial charge in [-0.1, -0.05) is 6.07 Å². The molecule has 0 atom stereocenters. The summed E-state index contributed by atoms with van der Waals surface area (Å²) >= 11 is 1.88. The van der Waals surface area contributed by atoms with Crippen molar-refractivity contribution in [3.8, 4) is 5.75 Å². The van der Waals surface area contributed by atoms with Crippen molar-refractivity contribution in [1.29, 1.82) is 0 Å². The Morgan fingerprint density at radius 3 is 2.47 bits per heavy atom. The number of halogens is 4. The highest BCUT2D eigenvalue weighted by atomic mass is 127. The summed E-state index contributed by atoms with van der Waals surface area (Å²) in [6.45, 7) is 0. The van der Waals surface area contributed by atoms with Gasteiger partial charge in [0, 0.05) is 5.90 Å². The van der Waals surface area contributed by atoms with Crippen LogP contribution < -0.4 is 9.84 Å². The second-order valence-electron chi connectivity index (χ2n) is 3.17. The van der Waals surface area contributed by atoms with Crippen LogP contribution in [0.2, 0.25) is 0 Å². The Hall–Kier alpha value is -1.04. The van der Waals surface area contributed by atoms with Crippen LogP contribution in [-0.4, -0.2) is 26.9 Å². The van der Waals surface area contributed by atoms with Crippen LogP contribution in [0.25, 0.3) is 0 Å². The lowest BCUT2D eigenvalue weighted by atomic mass is 10.2. The van der Waals surface area contributed by atoms with Crippen LogP contribution >= 0.6 is 22.6 Å². The van der Waals surface area contributed by atoms with E-state index in [1.165, 1.54) is 13.2 Å². The summed E-state index contributed by atoms with van der Waals surface area (Å²) < 4.78 is 65.3. The number of benzene rings is 1. The number of hydrogen-bond donors (Lipinski definition) is 0. The van der Waals surface area contributed by atoms with E-state index in [1.54, 1.807) is 0 Å². The molecule has 10 heteroatoms. The van der Waals surface area contributed by atoms with Gasteiger partial charge in [0.05, 0.1) is 10.7 Å². The Bertz CT molecular complexity index is 612. The van der Waals surface area contributed by atoms with Crippen LogP contribution in [0.15, 0.2) is 22.6 Å². The maximum atomic E-state index is 12.1. The normalized spacial score (nSPS) is 13.4. The number of rotatable bonds is 3. The number of ether oxygens (including phenoxy) is 1. The maximum absolute atomic E-state index is 12.1. The first-order chi connectivity index (χ1) is 8.58. The Morgan fingerprint density at radius 1 is 1.42 bits per heavy atom. The van der Waals surface area contributed by atoms with E-state index in [1.807, 2.05) is 22.6 Å².